The number of rotatable bonds is 8. The minimum Gasteiger partial charge on any atom is -0.474 e. The van der Waals surface area contributed by atoms with Gasteiger partial charge in [-0.1, -0.05) is 0 Å². The van der Waals surface area contributed by atoms with Gasteiger partial charge < -0.3 is 24.5 Å². The lowest BCUT2D eigenvalue weighted by atomic mass is 10.1. The molecule has 41 heavy (non-hydrogen) atoms. The number of hydrogen-bond donors (Lipinski definition) is 1. The summed E-state index contributed by atoms with van der Waals surface area (Å²) in [5.41, 5.74) is 11.8. The van der Waals surface area contributed by atoms with E-state index in [-0.39, 0.29) is 11.9 Å². The average molecular weight is 553 g/mol. The van der Waals surface area contributed by atoms with Crippen molar-refractivity contribution in [2.24, 2.45) is 11.7 Å². The molecular weight excluding hydrogens is 516 g/mol. The van der Waals surface area contributed by atoms with E-state index in [4.69, 9.17) is 15.6 Å². The second-order valence-electron chi connectivity index (χ2n) is 11.5. The molecule has 7 rings (SSSR count). The Morgan fingerprint density at radius 3 is 2.78 bits per heavy atom. The number of nitrogens with zero attached hydrogens (tertiary/aromatic N) is 7. The van der Waals surface area contributed by atoms with E-state index in [1.54, 1.807) is 6.20 Å². The molecule has 1 saturated carbocycles. The lowest BCUT2D eigenvalue weighted by Gasteiger charge is -2.30. The Bertz CT molecular complexity index is 1740. The van der Waals surface area contributed by atoms with Gasteiger partial charge in [0.05, 0.1) is 23.3 Å². The van der Waals surface area contributed by atoms with Gasteiger partial charge in [-0.2, -0.15) is 5.10 Å². The van der Waals surface area contributed by atoms with Crippen LogP contribution in [0, 0.1) is 19.8 Å². The summed E-state index contributed by atoms with van der Waals surface area (Å²) >= 11 is 0. The number of piperidine rings is 1. The molecule has 1 aliphatic heterocycles. The summed E-state index contributed by atoms with van der Waals surface area (Å²) in [4.78, 5) is 24.1. The van der Waals surface area contributed by atoms with Crippen LogP contribution in [-0.4, -0.2) is 65.3 Å². The van der Waals surface area contributed by atoms with Crippen LogP contribution >= 0.6 is 0 Å². The van der Waals surface area contributed by atoms with Crippen molar-refractivity contribution < 1.29 is 9.53 Å². The number of ether oxygens (including phenoxy) is 1. The second-order valence-corrected chi connectivity index (χ2v) is 11.5. The predicted molar refractivity (Wildman–Crippen MR) is 157 cm³/mol. The van der Waals surface area contributed by atoms with Gasteiger partial charge in [0.25, 0.3) is 5.91 Å². The highest BCUT2D eigenvalue weighted by atomic mass is 16.5. The third kappa shape index (κ3) is 4.86. The number of amides is 1. The van der Waals surface area contributed by atoms with Crippen molar-refractivity contribution in [1.29, 1.82) is 0 Å². The van der Waals surface area contributed by atoms with Crippen molar-refractivity contribution in [3.8, 4) is 17.3 Å². The summed E-state index contributed by atoms with van der Waals surface area (Å²) in [6.07, 6.45) is 11.8. The third-order valence-electron chi connectivity index (χ3n) is 8.52. The van der Waals surface area contributed by atoms with E-state index in [1.807, 2.05) is 53.1 Å². The molecule has 10 nitrogen and oxygen atoms in total. The quantitative estimate of drug-likeness (QED) is 0.309. The van der Waals surface area contributed by atoms with Gasteiger partial charge in [0.15, 0.2) is 0 Å². The molecule has 0 radical (unpaired) electrons. The molecule has 1 atom stereocenters. The van der Waals surface area contributed by atoms with Gasteiger partial charge in [-0.15, -0.1) is 0 Å². The molecule has 1 aliphatic carbocycles. The normalized spacial score (nSPS) is 17.5. The fourth-order valence-electron chi connectivity index (χ4n) is 6.03. The standard InChI is InChI=1S/C31H36N8O2/c1-20-26-8-7-24(31(40)37-12-3-4-25(32)19-37)18-39(26)35-28(20)27-16-23-9-10-34-30(29(23)38(27)17-22-5-6-22)41-15-14-36-13-11-33-21(36)2/h7-11,13,16,18,22,25H,3-6,12,14-15,17,19,32H2,1-2H3. The molecule has 1 saturated heterocycles. The van der Waals surface area contributed by atoms with Crippen LogP contribution in [0.1, 0.15) is 47.4 Å². The number of aryl methyl sites for hydroxylation is 2. The van der Waals surface area contributed by atoms with Crippen molar-refractivity contribution >= 4 is 22.3 Å². The molecule has 6 heterocycles. The van der Waals surface area contributed by atoms with Gasteiger partial charge in [-0.25, -0.2) is 14.5 Å². The van der Waals surface area contributed by atoms with Crippen molar-refractivity contribution in [3.63, 3.8) is 0 Å². The van der Waals surface area contributed by atoms with E-state index < -0.39 is 0 Å². The number of likely N-dealkylation sites (tertiary alicyclic amines) is 1. The number of nitrogens with two attached hydrogens (primary N) is 1. The first kappa shape index (κ1) is 25.8. The molecule has 5 aromatic heterocycles. The molecule has 212 valence electrons. The van der Waals surface area contributed by atoms with Crippen LogP contribution in [0.15, 0.2) is 49.1 Å². The van der Waals surface area contributed by atoms with Crippen molar-refractivity contribution in [2.75, 3.05) is 19.7 Å². The summed E-state index contributed by atoms with van der Waals surface area (Å²) in [5, 5.41) is 6.12. The smallest absolute Gasteiger partial charge is 0.255 e. The molecule has 10 heteroatoms. The first-order chi connectivity index (χ1) is 20.0. The Balaban J connectivity index is 1.24. The first-order valence-corrected chi connectivity index (χ1v) is 14.6. The van der Waals surface area contributed by atoms with E-state index in [9.17, 15) is 4.79 Å². The zero-order valence-electron chi connectivity index (χ0n) is 23.7. The van der Waals surface area contributed by atoms with Crippen LogP contribution in [-0.2, 0) is 13.1 Å². The van der Waals surface area contributed by atoms with Crippen molar-refractivity contribution in [3.05, 3.63) is 66.0 Å². The van der Waals surface area contributed by atoms with E-state index in [2.05, 4.69) is 32.1 Å². The largest absolute Gasteiger partial charge is 0.474 e. The van der Waals surface area contributed by atoms with Crippen molar-refractivity contribution in [2.45, 2.75) is 58.7 Å². The van der Waals surface area contributed by atoms with Crippen LogP contribution in [0.2, 0.25) is 0 Å². The molecule has 2 fully saturated rings. The number of fused-ring (bicyclic) bond motifs is 2. The Morgan fingerprint density at radius 1 is 1.12 bits per heavy atom. The molecule has 0 spiro atoms. The van der Waals surface area contributed by atoms with Gasteiger partial charge in [-0.05, 0) is 69.7 Å². The molecule has 0 aromatic carbocycles. The van der Waals surface area contributed by atoms with E-state index in [0.29, 0.717) is 37.1 Å². The highest BCUT2D eigenvalue weighted by Gasteiger charge is 2.28. The highest BCUT2D eigenvalue weighted by molar-refractivity contribution is 5.95. The topological polar surface area (TPSA) is 108 Å². The van der Waals surface area contributed by atoms with Gasteiger partial charge in [-0.3, -0.25) is 4.79 Å². The maximum absolute atomic E-state index is 13.3. The number of aromatic nitrogens is 6. The maximum atomic E-state index is 13.3. The fourth-order valence-corrected chi connectivity index (χ4v) is 6.03. The van der Waals surface area contributed by atoms with Gasteiger partial charge in [0, 0.05) is 61.4 Å². The molecule has 1 unspecified atom stereocenters. The molecule has 1 amide bonds. The maximum Gasteiger partial charge on any atom is 0.255 e. The monoisotopic (exact) mass is 552 g/mol. The van der Waals surface area contributed by atoms with Gasteiger partial charge in [0.1, 0.15) is 23.6 Å². The minimum absolute atomic E-state index is 0.0124. The summed E-state index contributed by atoms with van der Waals surface area (Å²) in [7, 11) is 0. The van der Waals surface area contributed by atoms with E-state index in [0.717, 1.165) is 65.1 Å². The Hall–Kier alpha value is -4.18. The average Bonchev–Trinajstić information content (AvgIpc) is 3.46. The fraction of sp³-hybridized carbons (Fsp3) is 0.419. The van der Waals surface area contributed by atoms with Crippen LogP contribution in [0.25, 0.3) is 27.8 Å². The molecule has 2 aliphatic rings. The summed E-state index contributed by atoms with van der Waals surface area (Å²) < 4.78 is 12.5. The lowest BCUT2D eigenvalue weighted by molar-refractivity contribution is 0.0708. The second kappa shape index (κ2) is 10.3. The van der Waals surface area contributed by atoms with Crippen molar-refractivity contribution in [1.82, 2.24) is 33.6 Å². The van der Waals surface area contributed by atoms with Gasteiger partial charge >= 0.3 is 0 Å². The Morgan fingerprint density at radius 2 is 2.00 bits per heavy atom. The van der Waals surface area contributed by atoms with Crippen LogP contribution < -0.4 is 10.5 Å². The molecule has 0 bridgehead atoms. The number of hydrogen-bond acceptors (Lipinski definition) is 6. The summed E-state index contributed by atoms with van der Waals surface area (Å²) in [5.74, 6) is 2.26. The first-order valence-electron chi connectivity index (χ1n) is 14.6. The molecular formula is C31H36N8O2. The minimum atomic E-state index is 0.0124. The zero-order chi connectivity index (χ0) is 28.1. The summed E-state index contributed by atoms with van der Waals surface area (Å²) in [6, 6.07) is 8.20. The Kier molecular flexibility index (Phi) is 6.50. The van der Waals surface area contributed by atoms with Gasteiger partial charge in [0.2, 0.25) is 5.88 Å². The lowest BCUT2D eigenvalue weighted by Crippen LogP contribution is -2.45. The summed E-state index contributed by atoms with van der Waals surface area (Å²) in [6.45, 7) is 7.54. The van der Waals surface area contributed by atoms with E-state index in [1.165, 1.54) is 12.8 Å². The third-order valence-corrected chi connectivity index (χ3v) is 8.52. The molecule has 5 aromatic rings. The van der Waals surface area contributed by atoms with Crippen LogP contribution in [0.5, 0.6) is 5.88 Å². The predicted octanol–water partition coefficient (Wildman–Crippen LogP) is 4.22. The zero-order valence-corrected chi connectivity index (χ0v) is 23.7. The van der Waals surface area contributed by atoms with Crippen LogP contribution in [0.3, 0.4) is 0 Å². The SMILES string of the molecule is Cc1c(-c2cc3ccnc(OCCn4ccnc4C)c3n2CC2CC2)nn2cc(C(=O)N3CCCC(N)C3)ccc12. The number of carbonyl (C=O) groups is 1. The van der Waals surface area contributed by atoms with Crippen LogP contribution in [0.4, 0.5) is 0 Å². The Labute approximate surface area is 238 Å². The number of imidazole rings is 1. The molecule has 2 N–H and O–H groups in total. The van der Waals surface area contributed by atoms with E-state index >= 15 is 0 Å². The number of pyridine rings is 2. The highest BCUT2D eigenvalue weighted by Crippen LogP contribution is 2.39. The number of carbonyl (C=O) groups excluding carboxylic acids is 1.